The second-order valence-electron chi connectivity index (χ2n) is 4.90. The predicted octanol–water partition coefficient (Wildman–Crippen LogP) is 4.11. The van der Waals surface area contributed by atoms with Crippen molar-refractivity contribution in [1.82, 2.24) is 0 Å². The van der Waals surface area contributed by atoms with Crippen LogP contribution in [-0.2, 0) is 20.7 Å². The first kappa shape index (κ1) is 17.3. The van der Waals surface area contributed by atoms with E-state index in [1.54, 1.807) is 48.5 Å². The van der Waals surface area contributed by atoms with Gasteiger partial charge in [-0.05, 0) is 36.8 Å². The highest BCUT2D eigenvalue weighted by Crippen LogP contribution is 2.20. The zero-order chi connectivity index (χ0) is 16.8. The molecule has 2 aromatic carbocycles. The number of rotatable bonds is 5. The zero-order valence-electron chi connectivity index (χ0n) is 12.4. The highest BCUT2D eigenvalue weighted by Gasteiger charge is 2.18. The number of halogens is 2. The molecule has 1 N–H and O–H groups in total. The molecule has 1 unspecified atom stereocenters. The Bertz CT molecular complexity index is 701. The van der Waals surface area contributed by atoms with Gasteiger partial charge in [0.25, 0.3) is 5.91 Å². The zero-order valence-corrected chi connectivity index (χ0v) is 13.9. The molecular formula is C17H15Cl2NO3. The van der Waals surface area contributed by atoms with Gasteiger partial charge in [0.2, 0.25) is 0 Å². The van der Waals surface area contributed by atoms with Gasteiger partial charge in [-0.2, -0.15) is 0 Å². The summed E-state index contributed by atoms with van der Waals surface area (Å²) in [7, 11) is 0. The Morgan fingerprint density at radius 3 is 2.39 bits per heavy atom. The lowest BCUT2D eigenvalue weighted by molar-refractivity contribution is -0.152. The van der Waals surface area contributed by atoms with E-state index in [1.807, 2.05) is 0 Å². The van der Waals surface area contributed by atoms with Crippen molar-refractivity contribution in [3.05, 3.63) is 64.1 Å². The maximum Gasteiger partial charge on any atom is 0.311 e. The number of amides is 1. The Morgan fingerprint density at radius 2 is 1.74 bits per heavy atom. The van der Waals surface area contributed by atoms with Crippen molar-refractivity contribution in [2.75, 3.05) is 5.32 Å². The number of hydrogen-bond acceptors (Lipinski definition) is 3. The molecule has 4 nitrogen and oxygen atoms in total. The first-order chi connectivity index (χ1) is 11.0. The number of benzene rings is 2. The summed E-state index contributed by atoms with van der Waals surface area (Å²) >= 11 is 11.7. The Morgan fingerprint density at radius 1 is 1.09 bits per heavy atom. The van der Waals surface area contributed by atoms with Crippen LogP contribution in [0.3, 0.4) is 0 Å². The number of ether oxygens (including phenoxy) is 1. The molecule has 0 aliphatic carbocycles. The fourth-order valence-corrected chi connectivity index (χ4v) is 2.17. The molecule has 0 bridgehead atoms. The van der Waals surface area contributed by atoms with Gasteiger partial charge in [-0.25, -0.2) is 0 Å². The number of esters is 1. The summed E-state index contributed by atoms with van der Waals surface area (Å²) in [5, 5.41) is 3.63. The lowest BCUT2D eigenvalue weighted by Crippen LogP contribution is -2.30. The van der Waals surface area contributed by atoms with Gasteiger partial charge in [-0.15, -0.1) is 0 Å². The fourth-order valence-electron chi connectivity index (χ4n) is 1.86. The first-order valence-electron chi connectivity index (χ1n) is 6.95. The van der Waals surface area contributed by atoms with Crippen molar-refractivity contribution >= 4 is 40.8 Å². The monoisotopic (exact) mass is 351 g/mol. The molecule has 2 rings (SSSR count). The fraction of sp³-hybridized carbons (Fsp3) is 0.176. The molecule has 0 saturated heterocycles. The smallest absolute Gasteiger partial charge is 0.311 e. The van der Waals surface area contributed by atoms with Crippen LogP contribution >= 0.6 is 23.2 Å². The molecule has 0 aromatic heterocycles. The molecule has 2 aromatic rings. The molecule has 0 saturated carbocycles. The number of carbonyl (C=O) groups excluding carboxylic acids is 2. The van der Waals surface area contributed by atoms with Gasteiger partial charge in [-0.3, -0.25) is 9.59 Å². The van der Waals surface area contributed by atoms with Crippen LogP contribution in [0.4, 0.5) is 5.69 Å². The minimum atomic E-state index is -0.925. The molecule has 0 heterocycles. The van der Waals surface area contributed by atoms with Crippen LogP contribution in [0.25, 0.3) is 0 Å². The van der Waals surface area contributed by atoms with Crippen LogP contribution in [0.5, 0.6) is 0 Å². The van der Waals surface area contributed by atoms with E-state index in [-0.39, 0.29) is 6.42 Å². The lowest BCUT2D eigenvalue weighted by Gasteiger charge is -2.14. The Balaban J connectivity index is 1.89. The molecule has 6 heteroatoms. The number of hydrogen-bond donors (Lipinski definition) is 1. The summed E-state index contributed by atoms with van der Waals surface area (Å²) in [6.45, 7) is 1.51. The normalized spacial score (nSPS) is 11.6. The maximum absolute atomic E-state index is 12.0. The first-order valence-corrected chi connectivity index (χ1v) is 7.70. The summed E-state index contributed by atoms with van der Waals surface area (Å²) in [4.78, 5) is 23.9. The standard InChI is InChI=1S/C17H15Cl2NO3/c1-11(17(22)20-15-5-3-2-4-14(15)19)23-16(21)10-12-6-8-13(18)9-7-12/h2-9,11H,10H2,1H3,(H,20,22). The SMILES string of the molecule is CC(OC(=O)Cc1ccc(Cl)cc1)C(=O)Nc1ccccc1Cl. The molecule has 0 radical (unpaired) electrons. The van der Waals surface area contributed by atoms with Gasteiger partial charge >= 0.3 is 5.97 Å². The highest BCUT2D eigenvalue weighted by molar-refractivity contribution is 6.33. The summed E-state index contributed by atoms with van der Waals surface area (Å²) in [5.74, 6) is -0.934. The van der Waals surface area contributed by atoms with Gasteiger partial charge in [0.1, 0.15) is 0 Å². The Kier molecular flexibility index (Phi) is 6.02. The van der Waals surface area contributed by atoms with E-state index in [0.717, 1.165) is 5.56 Å². The maximum atomic E-state index is 12.0. The van der Waals surface area contributed by atoms with E-state index in [2.05, 4.69) is 5.32 Å². The quantitative estimate of drug-likeness (QED) is 0.824. The van der Waals surface area contributed by atoms with Gasteiger partial charge < -0.3 is 10.1 Å². The third-order valence-electron chi connectivity index (χ3n) is 3.07. The molecule has 23 heavy (non-hydrogen) atoms. The van der Waals surface area contributed by atoms with E-state index in [9.17, 15) is 9.59 Å². The van der Waals surface area contributed by atoms with Crippen LogP contribution in [-0.4, -0.2) is 18.0 Å². The van der Waals surface area contributed by atoms with E-state index < -0.39 is 18.0 Å². The molecule has 0 aliphatic heterocycles. The number of para-hydroxylation sites is 1. The van der Waals surface area contributed by atoms with Gasteiger partial charge in [0, 0.05) is 5.02 Å². The molecule has 1 atom stereocenters. The Hall–Kier alpha value is -2.04. The van der Waals surface area contributed by atoms with Crippen molar-refractivity contribution in [1.29, 1.82) is 0 Å². The van der Waals surface area contributed by atoms with E-state index in [4.69, 9.17) is 27.9 Å². The summed E-state index contributed by atoms with van der Waals surface area (Å²) in [5.41, 5.74) is 1.23. The van der Waals surface area contributed by atoms with Crippen molar-refractivity contribution in [2.45, 2.75) is 19.4 Å². The van der Waals surface area contributed by atoms with Crippen molar-refractivity contribution in [3.63, 3.8) is 0 Å². The molecule has 1 amide bonds. The third-order valence-corrected chi connectivity index (χ3v) is 3.65. The number of anilines is 1. The summed E-state index contributed by atoms with van der Waals surface area (Å²) in [6.07, 6.45) is -0.855. The minimum Gasteiger partial charge on any atom is -0.452 e. The molecule has 0 spiro atoms. The van der Waals surface area contributed by atoms with Crippen molar-refractivity contribution in [3.8, 4) is 0 Å². The van der Waals surface area contributed by atoms with Crippen LogP contribution < -0.4 is 5.32 Å². The second-order valence-corrected chi connectivity index (χ2v) is 5.75. The van der Waals surface area contributed by atoms with Crippen LogP contribution in [0, 0.1) is 0 Å². The average molecular weight is 352 g/mol. The second kappa shape index (κ2) is 7.99. The van der Waals surface area contributed by atoms with Crippen LogP contribution in [0.15, 0.2) is 48.5 Å². The van der Waals surface area contributed by atoms with Gasteiger partial charge in [-0.1, -0.05) is 47.5 Å². The topological polar surface area (TPSA) is 55.4 Å². The molecule has 0 aliphatic rings. The summed E-state index contributed by atoms with van der Waals surface area (Å²) < 4.78 is 5.13. The summed E-state index contributed by atoms with van der Waals surface area (Å²) in [6, 6.07) is 13.7. The van der Waals surface area contributed by atoms with E-state index in [1.165, 1.54) is 6.92 Å². The highest BCUT2D eigenvalue weighted by atomic mass is 35.5. The minimum absolute atomic E-state index is 0.0703. The molecular weight excluding hydrogens is 337 g/mol. The number of nitrogens with one attached hydrogen (secondary N) is 1. The Labute approximate surface area is 144 Å². The van der Waals surface area contributed by atoms with Crippen molar-refractivity contribution < 1.29 is 14.3 Å². The van der Waals surface area contributed by atoms with Crippen LogP contribution in [0.2, 0.25) is 10.0 Å². The van der Waals surface area contributed by atoms with E-state index in [0.29, 0.717) is 15.7 Å². The molecule has 120 valence electrons. The average Bonchev–Trinajstić information content (AvgIpc) is 2.51. The lowest BCUT2D eigenvalue weighted by atomic mass is 10.1. The third kappa shape index (κ3) is 5.27. The van der Waals surface area contributed by atoms with Gasteiger partial charge in [0.05, 0.1) is 17.1 Å². The molecule has 0 fully saturated rings. The number of carbonyl (C=O) groups is 2. The van der Waals surface area contributed by atoms with Gasteiger partial charge in [0.15, 0.2) is 6.10 Å². The van der Waals surface area contributed by atoms with Crippen molar-refractivity contribution in [2.24, 2.45) is 0 Å². The van der Waals surface area contributed by atoms with E-state index >= 15 is 0 Å². The van der Waals surface area contributed by atoms with Crippen LogP contribution in [0.1, 0.15) is 12.5 Å². The predicted molar refractivity (Wildman–Crippen MR) is 90.8 cm³/mol. The largest absolute Gasteiger partial charge is 0.452 e.